The van der Waals surface area contributed by atoms with Crippen molar-refractivity contribution in [3.8, 4) is 5.75 Å². The van der Waals surface area contributed by atoms with Crippen molar-refractivity contribution >= 4 is 21.9 Å². The SMILES string of the molecule is COC(=O)Cc1cc(Br)ccc1OCCN(C)C. The molecule has 0 aromatic heterocycles. The standard InChI is InChI=1S/C13H18BrNO3/c1-15(2)6-7-18-12-5-4-11(14)8-10(12)9-13(16)17-3/h4-5,8H,6-7,9H2,1-3H3. The van der Waals surface area contributed by atoms with Gasteiger partial charge in [0, 0.05) is 16.6 Å². The molecule has 18 heavy (non-hydrogen) atoms. The van der Waals surface area contributed by atoms with Crippen LogP contribution < -0.4 is 4.74 Å². The number of carbonyl (C=O) groups is 1. The molecule has 0 saturated carbocycles. The van der Waals surface area contributed by atoms with Gasteiger partial charge in [-0.1, -0.05) is 15.9 Å². The number of ether oxygens (including phenoxy) is 2. The summed E-state index contributed by atoms with van der Waals surface area (Å²) in [6.07, 6.45) is 0.216. The molecule has 0 aliphatic carbocycles. The van der Waals surface area contributed by atoms with E-state index in [1.807, 2.05) is 37.2 Å². The van der Waals surface area contributed by atoms with E-state index in [0.717, 1.165) is 22.3 Å². The summed E-state index contributed by atoms with van der Waals surface area (Å²) in [5.41, 5.74) is 0.829. The Hall–Kier alpha value is -1.07. The van der Waals surface area contributed by atoms with Crippen molar-refractivity contribution in [2.75, 3.05) is 34.4 Å². The Morgan fingerprint density at radius 2 is 2.11 bits per heavy atom. The molecule has 0 aliphatic rings. The van der Waals surface area contributed by atoms with E-state index >= 15 is 0 Å². The van der Waals surface area contributed by atoms with Crippen molar-refractivity contribution in [2.45, 2.75) is 6.42 Å². The molecule has 1 aromatic carbocycles. The number of hydrogen-bond acceptors (Lipinski definition) is 4. The lowest BCUT2D eigenvalue weighted by Gasteiger charge is -2.14. The van der Waals surface area contributed by atoms with Gasteiger partial charge in [0.1, 0.15) is 12.4 Å². The molecular weight excluding hydrogens is 298 g/mol. The van der Waals surface area contributed by atoms with Crippen LogP contribution in [0.15, 0.2) is 22.7 Å². The quantitative estimate of drug-likeness (QED) is 0.754. The van der Waals surface area contributed by atoms with Gasteiger partial charge in [-0.15, -0.1) is 0 Å². The summed E-state index contributed by atoms with van der Waals surface area (Å²) in [4.78, 5) is 13.4. The van der Waals surface area contributed by atoms with Gasteiger partial charge in [-0.05, 0) is 32.3 Å². The van der Waals surface area contributed by atoms with Crippen LogP contribution in [0.2, 0.25) is 0 Å². The second-order valence-electron chi connectivity index (χ2n) is 4.16. The maximum absolute atomic E-state index is 11.3. The van der Waals surface area contributed by atoms with Gasteiger partial charge in [0.05, 0.1) is 13.5 Å². The predicted molar refractivity (Wildman–Crippen MR) is 73.9 cm³/mol. The average Bonchev–Trinajstić information content (AvgIpc) is 2.31. The maximum atomic E-state index is 11.3. The van der Waals surface area contributed by atoms with Crippen molar-refractivity contribution in [3.63, 3.8) is 0 Å². The normalized spacial score (nSPS) is 10.5. The number of nitrogens with zero attached hydrogens (tertiary/aromatic N) is 1. The molecule has 1 aromatic rings. The molecular formula is C13H18BrNO3. The van der Waals surface area contributed by atoms with E-state index in [0.29, 0.717) is 6.61 Å². The van der Waals surface area contributed by atoms with E-state index < -0.39 is 0 Å². The summed E-state index contributed by atoms with van der Waals surface area (Å²) in [5, 5.41) is 0. The van der Waals surface area contributed by atoms with E-state index in [1.165, 1.54) is 7.11 Å². The molecule has 4 nitrogen and oxygen atoms in total. The molecule has 0 spiro atoms. The number of rotatable bonds is 6. The fraction of sp³-hybridized carbons (Fsp3) is 0.462. The largest absolute Gasteiger partial charge is 0.492 e. The Labute approximate surface area is 116 Å². The van der Waals surface area contributed by atoms with E-state index in [2.05, 4.69) is 20.7 Å². The zero-order chi connectivity index (χ0) is 13.5. The third-order valence-corrected chi connectivity index (χ3v) is 2.87. The highest BCUT2D eigenvalue weighted by molar-refractivity contribution is 9.10. The number of methoxy groups -OCH3 is 1. The number of carbonyl (C=O) groups excluding carboxylic acids is 1. The molecule has 0 bridgehead atoms. The number of esters is 1. The van der Waals surface area contributed by atoms with Gasteiger partial charge in [-0.3, -0.25) is 4.79 Å². The Morgan fingerprint density at radius 1 is 1.39 bits per heavy atom. The average molecular weight is 316 g/mol. The molecule has 0 saturated heterocycles. The van der Waals surface area contributed by atoms with E-state index in [1.54, 1.807) is 0 Å². The molecule has 0 unspecified atom stereocenters. The second-order valence-corrected chi connectivity index (χ2v) is 5.07. The van der Waals surface area contributed by atoms with Crippen LogP contribution >= 0.6 is 15.9 Å². The van der Waals surface area contributed by atoms with Crippen LogP contribution in [-0.2, 0) is 16.0 Å². The Bertz CT molecular complexity index is 407. The molecule has 0 amide bonds. The third-order valence-electron chi connectivity index (χ3n) is 2.38. The summed E-state index contributed by atoms with van der Waals surface area (Å²) >= 11 is 3.38. The maximum Gasteiger partial charge on any atom is 0.310 e. The Kier molecular flexibility index (Phi) is 6.15. The number of likely N-dealkylation sites (N-methyl/N-ethyl adjacent to an activating group) is 1. The lowest BCUT2D eigenvalue weighted by Crippen LogP contribution is -2.20. The van der Waals surface area contributed by atoms with Crippen LogP contribution in [0.25, 0.3) is 0 Å². The highest BCUT2D eigenvalue weighted by Crippen LogP contribution is 2.24. The van der Waals surface area contributed by atoms with Crippen molar-refractivity contribution in [1.29, 1.82) is 0 Å². The van der Waals surface area contributed by atoms with Crippen LogP contribution in [0.5, 0.6) is 5.75 Å². The molecule has 0 heterocycles. The van der Waals surface area contributed by atoms with Crippen LogP contribution in [0, 0.1) is 0 Å². The van der Waals surface area contributed by atoms with Gasteiger partial charge in [0.15, 0.2) is 0 Å². The lowest BCUT2D eigenvalue weighted by molar-refractivity contribution is -0.139. The minimum Gasteiger partial charge on any atom is -0.492 e. The molecule has 100 valence electrons. The highest BCUT2D eigenvalue weighted by atomic mass is 79.9. The van der Waals surface area contributed by atoms with Crippen molar-refractivity contribution in [3.05, 3.63) is 28.2 Å². The first-order valence-electron chi connectivity index (χ1n) is 5.65. The predicted octanol–water partition coefficient (Wildman–Crippen LogP) is 2.10. The minimum atomic E-state index is -0.273. The highest BCUT2D eigenvalue weighted by Gasteiger charge is 2.10. The number of benzene rings is 1. The van der Waals surface area contributed by atoms with E-state index in [4.69, 9.17) is 4.74 Å². The van der Waals surface area contributed by atoms with Crippen LogP contribution in [0.1, 0.15) is 5.56 Å². The van der Waals surface area contributed by atoms with Crippen LogP contribution in [0.3, 0.4) is 0 Å². The van der Waals surface area contributed by atoms with Gasteiger partial charge < -0.3 is 14.4 Å². The summed E-state index contributed by atoms with van der Waals surface area (Å²) in [6.45, 7) is 1.41. The molecule has 0 N–H and O–H groups in total. The first kappa shape index (κ1) is 15.0. The number of hydrogen-bond donors (Lipinski definition) is 0. The molecule has 0 atom stereocenters. The molecule has 0 aliphatic heterocycles. The molecule has 5 heteroatoms. The summed E-state index contributed by atoms with van der Waals surface area (Å²) < 4.78 is 11.3. The lowest BCUT2D eigenvalue weighted by atomic mass is 10.1. The minimum absolute atomic E-state index is 0.216. The molecule has 0 fully saturated rings. The summed E-state index contributed by atoms with van der Waals surface area (Å²) in [5.74, 6) is 0.455. The second kappa shape index (κ2) is 7.38. The smallest absolute Gasteiger partial charge is 0.310 e. The Morgan fingerprint density at radius 3 is 2.72 bits per heavy atom. The van der Waals surface area contributed by atoms with Gasteiger partial charge in [0.25, 0.3) is 0 Å². The third kappa shape index (κ3) is 5.06. The topological polar surface area (TPSA) is 38.8 Å². The van der Waals surface area contributed by atoms with Crippen molar-refractivity contribution in [1.82, 2.24) is 4.90 Å². The zero-order valence-electron chi connectivity index (χ0n) is 10.9. The fourth-order valence-corrected chi connectivity index (χ4v) is 1.80. The van der Waals surface area contributed by atoms with Crippen molar-refractivity contribution in [2.24, 2.45) is 0 Å². The van der Waals surface area contributed by atoms with Gasteiger partial charge in [0.2, 0.25) is 0 Å². The monoisotopic (exact) mass is 315 g/mol. The molecule has 1 rings (SSSR count). The first-order valence-corrected chi connectivity index (χ1v) is 6.45. The van der Waals surface area contributed by atoms with Gasteiger partial charge in [-0.25, -0.2) is 0 Å². The van der Waals surface area contributed by atoms with Crippen molar-refractivity contribution < 1.29 is 14.3 Å². The van der Waals surface area contributed by atoms with E-state index in [9.17, 15) is 4.79 Å². The van der Waals surface area contributed by atoms with Crippen LogP contribution in [0.4, 0.5) is 0 Å². The zero-order valence-corrected chi connectivity index (χ0v) is 12.5. The summed E-state index contributed by atoms with van der Waals surface area (Å²) in [7, 11) is 5.35. The summed E-state index contributed by atoms with van der Waals surface area (Å²) in [6, 6.07) is 5.63. The van der Waals surface area contributed by atoms with Crippen LogP contribution in [-0.4, -0.2) is 45.2 Å². The Balaban J connectivity index is 2.73. The first-order chi connectivity index (χ1) is 8.52. The number of halogens is 1. The van der Waals surface area contributed by atoms with Gasteiger partial charge >= 0.3 is 5.97 Å². The molecule has 0 radical (unpaired) electrons. The van der Waals surface area contributed by atoms with Gasteiger partial charge in [-0.2, -0.15) is 0 Å². The fourth-order valence-electron chi connectivity index (χ4n) is 1.39. The van der Waals surface area contributed by atoms with E-state index in [-0.39, 0.29) is 12.4 Å².